The van der Waals surface area contributed by atoms with Crippen molar-refractivity contribution in [3.63, 3.8) is 0 Å². The van der Waals surface area contributed by atoms with E-state index in [9.17, 15) is 0 Å². The largest absolute Gasteiger partial charge is 3.00 e. The van der Waals surface area contributed by atoms with E-state index in [1.807, 2.05) is 0 Å². The second kappa shape index (κ2) is 31.0. The van der Waals surface area contributed by atoms with Gasteiger partial charge in [-0.05, 0) is 0 Å². The van der Waals surface area contributed by atoms with Crippen LogP contribution in [-0.4, -0.2) is 0 Å². The zero-order chi connectivity index (χ0) is 0. The number of hydrogen-bond acceptors (Lipinski definition) is 0. The monoisotopic (exact) mass is 352 g/mol. The van der Waals surface area contributed by atoms with Gasteiger partial charge in [-0.15, -0.1) is 0 Å². The first kappa shape index (κ1) is 49.7. The predicted octanol–water partition coefficient (Wildman–Crippen LogP) is -0.356. The van der Waals surface area contributed by atoms with Gasteiger partial charge in [0, 0.05) is 0 Å². The van der Waals surface area contributed by atoms with Gasteiger partial charge in [0.15, 0.2) is 0 Å². The molecular formula is O3Sm2. The average Bonchev–Trinajstić information content (AvgIpc) is 0. The van der Waals surface area contributed by atoms with E-state index in [1.54, 1.807) is 0 Å². The van der Waals surface area contributed by atoms with Crippen LogP contribution < -0.4 is 0 Å². The van der Waals surface area contributed by atoms with Crippen molar-refractivity contribution in [3.8, 4) is 0 Å². The molecule has 0 unspecified atom stereocenters. The fourth-order valence-electron chi connectivity index (χ4n) is 0. The molecule has 0 atom stereocenters. The van der Waals surface area contributed by atoms with Gasteiger partial charge < -0.3 is 16.4 Å². The minimum Gasteiger partial charge on any atom is -2.00 e. The first-order chi connectivity index (χ1) is 0. The third-order valence-electron chi connectivity index (χ3n) is 0. The molecule has 0 heterocycles. The molecule has 0 N–H and O–H groups in total. The van der Waals surface area contributed by atoms with Crippen molar-refractivity contribution in [2.24, 2.45) is 0 Å². The van der Waals surface area contributed by atoms with E-state index in [4.69, 9.17) is 0 Å². The van der Waals surface area contributed by atoms with E-state index < -0.39 is 0 Å². The molecule has 5 heavy (non-hydrogen) atoms. The van der Waals surface area contributed by atoms with E-state index in [-0.39, 0.29) is 97.2 Å². The molecule has 0 aliphatic rings. The molecular weight excluding hydrogens is 349 g/mol. The summed E-state index contributed by atoms with van der Waals surface area (Å²) in [4.78, 5) is 0. The zero-order valence-electron chi connectivity index (χ0n) is 2.04. The maximum atomic E-state index is 0. The maximum absolute atomic E-state index is 0. The molecule has 2 radical (unpaired) electrons. The Morgan fingerprint density at radius 2 is 0.400 bits per heavy atom. The summed E-state index contributed by atoms with van der Waals surface area (Å²) in [7, 11) is 0. The summed E-state index contributed by atoms with van der Waals surface area (Å²) in [5, 5.41) is 0. The van der Waals surface area contributed by atoms with E-state index in [2.05, 4.69) is 0 Å². The SMILES string of the molecule is [O-2].[O-2].[O-2].[Sm+3].[Sm+3]. The van der Waals surface area contributed by atoms with Gasteiger partial charge in [-0.1, -0.05) is 0 Å². The van der Waals surface area contributed by atoms with Gasteiger partial charge in [0.25, 0.3) is 0 Å². The molecule has 0 saturated heterocycles. The molecule has 0 fully saturated rings. The number of hydrogen-bond donors (Lipinski definition) is 0. The van der Waals surface area contributed by atoms with Crippen molar-refractivity contribution >= 4 is 0 Å². The van der Waals surface area contributed by atoms with Crippen LogP contribution in [0, 0.1) is 80.8 Å². The first-order valence-electron chi connectivity index (χ1n) is 0. The molecule has 3 nitrogen and oxygen atoms in total. The molecule has 0 amide bonds. The second-order valence-corrected chi connectivity index (χ2v) is 0. The van der Waals surface area contributed by atoms with Gasteiger partial charge >= 0.3 is 80.8 Å². The van der Waals surface area contributed by atoms with Crippen LogP contribution in [0.5, 0.6) is 0 Å². The van der Waals surface area contributed by atoms with Gasteiger partial charge in [0.05, 0.1) is 0 Å². The van der Waals surface area contributed by atoms with Crippen LogP contribution >= 0.6 is 0 Å². The molecule has 0 spiro atoms. The summed E-state index contributed by atoms with van der Waals surface area (Å²) in [6.45, 7) is 0. The van der Waals surface area contributed by atoms with Crippen molar-refractivity contribution in [3.05, 3.63) is 0 Å². The Balaban J connectivity index is 0. The van der Waals surface area contributed by atoms with Crippen LogP contribution in [0.4, 0.5) is 0 Å². The van der Waals surface area contributed by atoms with E-state index in [1.165, 1.54) is 0 Å². The van der Waals surface area contributed by atoms with Crippen molar-refractivity contribution in [2.45, 2.75) is 0 Å². The third-order valence-corrected chi connectivity index (χ3v) is 0. The van der Waals surface area contributed by atoms with Crippen molar-refractivity contribution in [2.75, 3.05) is 0 Å². The molecule has 0 saturated carbocycles. The summed E-state index contributed by atoms with van der Waals surface area (Å²) in [5.74, 6) is 0. The van der Waals surface area contributed by atoms with Crippen molar-refractivity contribution < 1.29 is 97.2 Å². The van der Waals surface area contributed by atoms with Crippen LogP contribution in [0.2, 0.25) is 0 Å². The Morgan fingerprint density at radius 1 is 0.400 bits per heavy atom. The minimum atomic E-state index is 0. The Morgan fingerprint density at radius 3 is 0.400 bits per heavy atom. The van der Waals surface area contributed by atoms with Gasteiger partial charge in [-0.25, -0.2) is 0 Å². The summed E-state index contributed by atoms with van der Waals surface area (Å²) in [5.41, 5.74) is 0. The average molecular weight is 349 g/mol. The van der Waals surface area contributed by atoms with Gasteiger partial charge in [-0.3, -0.25) is 0 Å². The van der Waals surface area contributed by atoms with Gasteiger partial charge in [0.2, 0.25) is 0 Å². The second-order valence-electron chi connectivity index (χ2n) is 0. The summed E-state index contributed by atoms with van der Waals surface area (Å²) < 4.78 is 0. The molecule has 0 aliphatic heterocycles. The molecule has 0 aliphatic carbocycles. The molecule has 0 aromatic rings. The third kappa shape index (κ3) is 20.8. The van der Waals surface area contributed by atoms with E-state index in [0.717, 1.165) is 0 Å². The zero-order valence-corrected chi connectivity index (χ0v) is 7.28. The molecule has 0 rings (SSSR count). The van der Waals surface area contributed by atoms with Crippen LogP contribution in [0.25, 0.3) is 0 Å². The minimum absolute atomic E-state index is 0. The van der Waals surface area contributed by atoms with Crippen LogP contribution in [-0.2, 0) is 16.4 Å². The van der Waals surface area contributed by atoms with Crippen molar-refractivity contribution in [1.29, 1.82) is 0 Å². The summed E-state index contributed by atoms with van der Waals surface area (Å²) in [6.07, 6.45) is 0. The standard InChI is InChI=1S/3O.2Sm/q3*-2;2*+3. The quantitative estimate of drug-likeness (QED) is 0.573. The summed E-state index contributed by atoms with van der Waals surface area (Å²) >= 11 is 0. The fraction of sp³-hybridized carbons (Fsp3) is 0. The smallest absolute Gasteiger partial charge is 2.00 e. The Kier molecular flexibility index (Phi) is 308. The topological polar surface area (TPSA) is 85.5 Å². The fourth-order valence-corrected chi connectivity index (χ4v) is 0. The maximum Gasteiger partial charge on any atom is 3.00 e. The first-order valence-corrected chi connectivity index (χ1v) is 0. The number of rotatable bonds is 0. The van der Waals surface area contributed by atoms with Crippen molar-refractivity contribution in [1.82, 2.24) is 0 Å². The Hall–Kier alpha value is 2.56. The molecule has 0 bridgehead atoms. The van der Waals surface area contributed by atoms with E-state index in [0.29, 0.717) is 0 Å². The molecule has 0 aromatic heterocycles. The predicted molar refractivity (Wildman–Crippen MR) is 2.06 cm³/mol. The van der Waals surface area contributed by atoms with Gasteiger partial charge in [-0.2, -0.15) is 0 Å². The molecule has 5 heteroatoms. The Labute approximate surface area is 95.0 Å². The van der Waals surface area contributed by atoms with E-state index >= 15 is 0 Å². The van der Waals surface area contributed by atoms with Crippen LogP contribution in [0.3, 0.4) is 0 Å². The Bertz CT molecular complexity index is 4.85. The molecule has 30 valence electrons. The summed E-state index contributed by atoms with van der Waals surface area (Å²) in [6, 6.07) is 0. The van der Waals surface area contributed by atoms with Gasteiger partial charge in [0.1, 0.15) is 0 Å². The molecule has 0 aromatic carbocycles. The van der Waals surface area contributed by atoms with Crippen LogP contribution in [0.1, 0.15) is 0 Å². The normalized spacial score (nSPS) is 0. The van der Waals surface area contributed by atoms with Crippen LogP contribution in [0.15, 0.2) is 0 Å².